The second-order valence-corrected chi connectivity index (χ2v) is 9.38. The number of amides is 2. The molecule has 0 spiro atoms. The van der Waals surface area contributed by atoms with Gasteiger partial charge in [0.2, 0.25) is 11.8 Å². The van der Waals surface area contributed by atoms with Gasteiger partial charge in [0, 0.05) is 56.1 Å². The fourth-order valence-electron chi connectivity index (χ4n) is 5.01. The third-order valence-electron chi connectivity index (χ3n) is 7.03. The SMILES string of the molecule is COc1ccc(C(=O)Nc2cc(F)cc(CN3CCN(C(=O)C4CCCC4)C(C)C3)c2C)cn1. The molecule has 1 unspecified atom stereocenters. The number of benzene rings is 1. The van der Waals surface area contributed by atoms with E-state index in [1.807, 2.05) is 11.8 Å². The molecule has 1 aromatic carbocycles. The number of hydrogen-bond donors (Lipinski definition) is 1. The second-order valence-electron chi connectivity index (χ2n) is 9.38. The Kier molecular flexibility index (Phi) is 7.46. The molecule has 0 radical (unpaired) electrons. The third-order valence-corrected chi connectivity index (χ3v) is 7.03. The van der Waals surface area contributed by atoms with Crippen LogP contribution in [0, 0.1) is 18.7 Å². The first-order valence-electron chi connectivity index (χ1n) is 12.0. The first-order valence-corrected chi connectivity index (χ1v) is 12.0. The lowest BCUT2D eigenvalue weighted by molar-refractivity contribution is -0.140. The second kappa shape index (κ2) is 10.5. The van der Waals surface area contributed by atoms with Gasteiger partial charge in [-0.2, -0.15) is 0 Å². The Balaban J connectivity index is 1.41. The van der Waals surface area contributed by atoms with Crippen molar-refractivity contribution in [3.8, 4) is 5.88 Å². The van der Waals surface area contributed by atoms with Crippen LogP contribution >= 0.6 is 0 Å². The number of hydrogen-bond acceptors (Lipinski definition) is 5. The molecular weight excluding hydrogens is 435 g/mol. The van der Waals surface area contributed by atoms with Gasteiger partial charge in [-0.3, -0.25) is 14.5 Å². The predicted molar refractivity (Wildman–Crippen MR) is 128 cm³/mol. The Morgan fingerprint density at radius 1 is 1.21 bits per heavy atom. The number of carbonyl (C=O) groups is 2. The molecule has 1 saturated heterocycles. The van der Waals surface area contributed by atoms with Gasteiger partial charge in [-0.1, -0.05) is 12.8 Å². The number of anilines is 1. The Morgan fingerprint density at radius 2 is 1.97 bits per heavy atom. The van der Waals surface area contributed by atoms with Gasteiger partial charge in [-0.25, -0.2) is 9.37 Å². The molecule has 2 aliphatic rings. The van der Waals surface area contributed by atoms with Crippen LogP contribution in [0.1, 0.15) is 54.1 Å². The Labute approximate surface area is 200 Å². The summed E-state index contributed by atoms with van der Waals surface area (Å²) < 4.78 is 19.5. The predicted octanol–water partition coefficient (Wildman–Crippen LogP) is 4.01. The van der Waals surface area contributed by atoms with E-state index in [0.717, 1.165) is 49.9 Å². The zero-order valence-electron chi connectivity index (χ0n) is 20.1. The van der Waals surface area contributed by atoms with Gasteiger partial charge in [0.05, 0.1) is 12.7 Å². The van der Waals surface area contributed by atoms with Crippen molar-refractivity contribution in [1.29, 1.82) is 0 Å². The molecule has 7 nitrogen and oxygen atoms in total. The molecule has 1 saturated carbocycles. The third kappa shape index (κ3) is 5.38. The highest BCUT2D eigenvalue weighted by molar-refractivity contribution is 6.04. The molecule has 1 N–H and O–H groups in total. The van der Waals surface area contributed by atoms with Gasteiger partial charge in [0.1, 0.15) is 5.82 Å². The van der Waals surface area contributed by atoms with Crippen molar-refractivity contribution in [3.63, 3.8) is 0 Å². The lowest BCUT2D eigenvalue weighted by Gasteiger charge is -2.41. The number of ether oxygens (including phenoxy) is 1. The molecule has 2 aromatic rings. The normalized spacial score (nSPS) is 19.3. The zero-order valence-corrected chi connectivity index (χ0v) is 20.1. The summed E-state index contributed by atoms with van der Waals surface area (Å²) >= 11 is 0. The molecule has 0 bridgehead atoms. The average Bonchev–Trinajstić information content (AvgIpc) is 3.37. The van der Waals surface area contributed by atoms with E-state index >= 15 is 0 Å². The van der Waals surface area contributed by atoms with E-state index in [-0.39, 0.29) is 17.9 Å². The Hall–Kier alpha value is -3.00. The van der Waals surface area contributed by atoms with Crippen LogP contribution in [-0.2, 0) is 11.3 Å². The van der Waals surface area contributed by atoms with Crippen LogP contribution in [0.4, 0.5) is 10.1 Å². The molecule has 4 rings (SSSR count). The number of carbonyl (C=O) groups excluding carboxylic acids is 2. The van der Waals surface area contributed by atoms with Gasteiger partial charge in [-0.05, 0) is 56.0 Å². The summed E-state index contributed by atoms with van der Waals surface area (Å²) in [5.41, 5.74) is 2.46. The highest BCUT2D eigenvalue weighted by Gasteiger charge is 2.33. The molecule has 1 aromatic heterocycles. The number of nitrogens with zero attached hydrogens (tertiary/aromatic N) is 3. The van der Waals surface area contributed by atoms with Crippen LogP contribution < -0.4 is 10.1 Å². The first-order chi connectivity index (χ1) is 16.4. The molecule has 1 aliphatic heterocycles. The maximum Gasteiger partial charge on any atom is 0.257 e. The summed E-state index contributed by atoms with van der Waals surface area (Å²) in [5, 5.41) is 2.81. The van der Waals surface area contributed by atoms with E-state index in [0.29, 0.717) is 36.1 Å². The number of nitrogens with one attached hydrogen (secondary N) is 1. The number of halogens is 1. The van der Waals surface area contributed by atoms with Crippen molar-refractivity contribution in [3.05, 3.63) is 53.0 Å². The largest absolute Gasteiger partial charge is 0.481 e. The van der Waals surface area contributed by atoms with Crippen molar-refractivity contribution in [2.45, 2.75) is 52.1 Å². The summed E-state index contributed by atoms with van der Waals surface area (Å²) in [5.74, 6) is 0.144. The van der Waals surface area contributed by atoms with Crippen LogP contribution in [0.3, 0.4) is 0 Å². The zero-order chi connectivity index (χ0) is 24.2. The summed E-state index contributed by atoms with van der Waals surface area (Å²) in [6.07, 6.45) is 5.75. The Morgan fingerprint density at radius 3 is 2.62 bits per heavy atom. The van der Waals surface area contributed by atoms with Gasteiger partial charge < -0.3 is 15.0 Å². The summed E-state index contributed by atoms with van der Waals surface area (Å²) in [4.78, 5) is 33.9. The lowest BCUT2D eigenvalue weighted by Crippen LogP contribution is -2.54. The molecule has 2 fully saturated rings. The molecule has 182 valence electrons. The van der Waals surface area contributed by atoms with Crippen LogP contribution in [0.2, 0.25) is 0 Å². The minimum Gasteiger partial charge on any atom is -0.481 e. The number of piperazine rings is 1. The van der Waals surface area contributed by atoms with Gasteiger partial charge in [0.15, 0.2) is 0 Å². The number of pyridine rings is 1. The van der Waals surface area contributed by atoms with Crippen molar-refractivity contribution >= 4 is 17.5 Å². The molecule has 1 atom stereocenters. The molecule has 34 heavy (non-hydrogen) atoms. The Bertz CT molecular complexity index is 1040. The molecule has 1 aliphatic carbocycles. The van der Waals surface area contributed by atoms with Gasteiger partial charge in [0.25, 0.3) is 5.91 Å². The van der Waals surface area contributed by atoms with E-state index in [9.17, 15) is 14.0 Å². The average molecular weight is 469 g/mol. The van der Waals surface area contributed by atoms with Crippen molar-refractivity contribution in [1.82, 2.24) is 14.8 Å². The standard InChI is InChI=1S/C26H33FN4O3/c1-17-15-30(10-11-31(17)26(33)19-6-4-5-7-19)16-21-12-22(27)13-23(18(21)2)29-25(32)20-8-9-24(34-3)28-14-20/h8-9,12-14,17,19H,4-7,10-11,15-16H2,1-3H3,(H,29,32). The quantitative estimate of drug-likeness (QED) is 0.693. The highest BCUT2D eigenvalue weighted by Crippen LogP contribution is 2.29. The van der Waals surface area contributed by atoms with Crippen molar-refractivity contribution in [2.24, 2.45) is 5.92 Å². The minimum atomic E-state index is -0.396. The molecule has 2 amide bonds. The summed E-state index contributed by atoms with van der Waals surface area (Å²) in [6, 6.07) is 6.22. The van der Waals surface area contributed by atoms with E-state index in [2.05, 4.69) is 22.1 Å². The van der Waals surface area contributed by atoms with Crippen LogP contribution in [0.25, 0.3) is 0 Å². The number of aromatic nitrogens is 1. The fraction of sp³-hybridized carbons (Fsp3) is 0.500. The van der Waals surface area contributed by atoms with Gasteiger partial charge >= 0.3 is 0 Å². The van der Waals surface area contributed by atoms with Crippen LogP contribution in [0.15, 0.2) is 30.5 Å². The molecule has 2 heterocycles. The highest BCUT2D eigenvalue weighted by atomic mass is 19.1. The van der Waals surface area contributed by atoms with E-state index < -0.39 is 5.82 Å². The summed E-state index contributed by atoms with van der Waals surface area (Å²) in [7, 11) is 1.51. The molecule has 8 heteroatoms. The van der Waals surface area contributed by atoms with E-state index in [1.165, 1.54) is 25.4 Å². The van der Waals surface area contributed by atoms with Crippen molar-refractivity contribution < 1.29 is 18.7 Å². The minimum absolute atomic E-state index is 0.123. The maximum atomic E-state index is 14.5. The first kappa shape index (κ1) is 24.1. The molecular formula is C26H33FN4O3. The van der Waals surface area contributed by atoms with Crippen molar-refractivity contribution in [2.75, 3.05) is 32.1 Å². The summed E-state index contributed by atoms with van der Waals surface area (Å²) in [6.45, 7) is 6.73. The number of methoxy groups -OCH3 is 1. The van der Waals surface area contributed by atoms with E-state index in [1.54, 1.807) is 12.1 Å². The smallest absolute Gasteiger partial charge is 0.257 e. The number of rotatable bonds is 6. The fourth-order valence-corrected chi connectivity index (χ4v) is 5.01. The van der Waals surface area contributed by atoms with E-state index in [4.69, 9.17) is 4.74 Å². The lowest BCUT2D eigenvalue weighted by atomic mass is 10.0. The van der Waals surface area contributed by atoms with Crippen LogP contribution in [0.5, 0.6) is 5.88 Å². The topological polar surface area (TPSA) is 74.8 Å². The maximum absolute atomic E-state index is 14.5. The van der Waals surface area contributed by atoms with Gasteiger partial charge in [-0.15, -0.1) is 0 Å². The monoisotopic (exact) mass is 468 g/mol. The van der Waals surface area contributed by atoms with Crippen LogP contribution in [-0.4, -0.2) is 59.4 Å².